The van der Waals surface area contributed by atoms with Gasteiger partial charge in [0.1, 0.15) is 18.1 Å². The molecule has 0 spiro atoms. The van der Waals surface area contributed by atoms with Crippen molar-refractivity contribution in [2.24, 2.45) is 5.92 Å². The molecule has 2 heterocycles. The number of piperidine rings is 1. The molecule has 10 heteroatoms. The van der Waals surface area contributed by atoms with Crippen molar-refractivity contribution in [2.75, 3.05) is 20.2 Å². The third kappa shape index (κ3) is 5.57. The Kier molecular flexibility index (Phi) is 8.08. The smallest absolute Gasteiger partial charge is 0.327 e. The third-order valence-electron chi connectivity index (χ3n) is 5.73. The fraction of sp³-hybridized carbons (Fsp3) is 0.455. The summed E-state index contributed by atoms with van der Waals surface area (Å²) in [6.07, 6.45) is 6.02. The number of aromatic nitrogens is 3. The number of ether oxygens (including phenoxy) is 1. The van der Waals surface area contributed by atoms with Gasteiger partial charge in [0.25, 0.3) is 0 Å². The molecule has 2 aromatic rings. The average Bonchev–Trinajstić information content (AvgIpc) is 3.53. The molecule has 32 heavy (non-hydrogen) atoms. The molecular weight excluding hydrogens is 455 g/mol. The molecule has 7 nitrogen and oxygen atoms in total. The molecule has 1 saturated carbocycles. The van der Waals surface area contributed by atoms with Crippen LogP contribution in [-0.4, -0.2) is 57.1 Å². The number of methoxy groups -OCH3 is 1. The number of carbonyl (C=O) groups excluding carboxylic acids is 2. The minimum Gasteiger partial charge on any atom is -0.468 e. The van der Waals surface area contributed by atoms with E-state index in [9.17, 15) is 14.0 Å². The van der Waals surface area contributed by atoms with Gasteiger partial charge >= 0.3 is 5.97 Å². The molecule has 4 rings (SSSR count). The number of hydrogen-bond donors (Lipinski definition) is 1. The van der Waals surface area contributed by atoms with Crippen molar-refractivity contribution in [1.82, 2.24) is 19.9 Å². The van der Waals surface area contributed by atoms with Crippen molar-refractivity contribution >= 4 is 42.9 Å². The Morgan fingerprint density at radius 2 is 2.06 bits per heavy atom. The van der Waals surface area contributed by atoms with Crippen LogP contribution in [0.3, 0.4) is 0 Å². The molecule has 1 aromatic carbocycles. The van der Waals surface area contributed by atoms with Crippen LogP contribution in [0.2, 0.25) is 0 Å². The number of likely N-dealkylation sites (tertiary alicyclic amines) is 1. The Bertz CT molecular complexity index is 1010. The standard InChI is InChI=1S/C22H25FN4O3S.ClH/c1-30-20(28)13-27-12-16(24-25-27)10-15-11-26(9-8-19(15)31)21(22(29)14-6-7-14)17-4-2-3-5-18(17)23;/h2-5,10,12,14,19,21,31H,6-9,11,13H2,1H3;1H. The van der Waals surface area contributed by atoms with Gasteiger partial charge in [-0.1, -0.05) is 23.4 Å². The maximum absolute atomic E-state index is 14.6. The zero-order valence-electron chi connectivity index (χ0n) is 17.7. The molecule has 0 N–H and O–H groups in total. The van der Waals surface area contributed by atoms with Gasteiger partial charge in [0.2, 0.25) is 0 Å². The minimum atomic E-state index is -0.604. The summed E-state index contributed by atoms with van der Waals surface area (Å²) in [6, 6.07) is 5.92. The highest BCUT2D eigenvalue weighted by molar-refractivity contribution is 7.81. The summed E-state index contributed by atoms with van der Waals surface area (Å²) < 4.78 is 20.7. The van der Waals surface area contributed by atoms with E-state index in [0.29, 0.717) is 24.3 Å². The van der Waals surface area contributed by atoms with Crippen molar-refractivity contribution in [2.45, 2.75) is 37.1 Å². The predicted molar refractivity (Wildman–Crippen MR) is 123 cm³/mol. The molecule has 172 valence electrons. The summed E-state index contributed by atoms with van der Waals surface area (Å²) >= 11 is 4.70. The molecule has 0 radical (unpaired) electrons. The molecule has 1 aliphatic carbocycles. The molecule has 2 fully saturated rings. The van der Waals surface area contributed by atoms with Crippen LogP contribution in [0, 0.1) is 11.7 Å². The minimum absolute atomic E-state index is 0. The topological polar surface area (TPSA) is 77.3 Å². The lowest BCUT2D eigenvalue weighted by Gasteiger charge is -2.37. The van der Waals surface area contributed by atoms with Crippen molar-refractivity contribution < 1.29 is 18.7 Å². The van der Waals surface area contributed by atoms with Crippen LogP contribution in [0.1, 0.15) is 36.6 Å². The molecule has 2 unspecified atom stereocenters. The van der Waals surface area contributed by atoms with E-state index in [0.717, 1.165) is 24.8 Å². The zero-order chi connectivity index (χ0) is 22.0. The molecular formula is C22H26ClFN4O3S. The molecule has 1 aliphatic heterocycles. The Morgan fingerprint density at radius 3 is 2.75 bits per heavy atom. The third-order valence-corrected chi connectivity index (χ3v) is 6.32. The highest BCUT2D eigenvalue weighted by Gasteiger charge is 2.40. The lowest BCUT2D eigenvalue weighted by molar-refractivity contribution is -0.141. The van der Waals surface area contributed by atoms with Gasteiger partial charge in [0.15, 0.2) is 5.78 Å². The first-order valence-electron chi connectivity index (χ1n) is 10.3. The molecule has 2 aliphatic rings. The highest BCUT2D eigenvalue weighted by atomic mass is 35.5. The fourth-order valence-corrected chi connectivity index (χ4v) is 4.19. The highest BCUT2D eigenvalue weighted by Crippen LogP contribution is 2.39. The lowest BCUT2D eigenvalue weighted by atomic mass is 9.93. The number of carbonyl (C=O) groups is 2. The van der Waals surface area contributed by atoms with Crippen LogP contribution in [0.5, 0.6) is 0 Å². The van der Waals surface area contributed by atoms with Crippen LogP contribution < -0.4 is 0 Å². The number of halogens is 2. The molecule has 1 saturated heterocycles. The van der Waals surface area contributed by atoms with Crippen LogP contribution in [0.4, 0.5) is 4.39 Å². The second-order valence-electron chi connectivity index (χ2n) is 8.01. The summed E-state index contributed by atoms with van der Waals surface area (Å²) in [5.41, 5.74) is 2.00. The summed E-state index contributed by atoms with van der Waals surface area (Å²) in [4.78, 5) is 26.6. The first kappa shape index (κ1) is 24.4. The molecule has 2 atom stereocenters. The largest absolute Gasteiger partial charge is 0.468 e. The summed E-state index contributed by atoms with van der Waals surface area (Å²) in [5, 5.41) is 8.04. The van der Waals surface area contributed by atoms with Crippen LogP contribution in [0.25, 0.3) is 6.08 Å². The maximum atomic E-state index is 14.6. The number of esters is 1. The van der Waals surface area contributed by atoms with Crippen LogP contribution >= 0.6 is 25.0 Å². The normalized spacial score (nSPS) is 21.1. The van der Waals surface area contributed by atoms with E-state index in [2.05, 4.69) is 15.0 Å². The van der Waals surface area contributed by atoms with Gasteiger partial charge in [0.05, 0.1) is 19.3 Å². The van der Waals surface area contributed by atoms with Gasteiger partial charge in [-0.15, -0.1) is 17.5 Å². The van der Waals surface area contributed by atoms with Gasteiger partial charge in [-0.25, -0.2) is 9.07 Å². The van der Waals surface area contributed by atoms with E-state index in [1.165, 1.54) is 17.9 Å². The summed E-state index contributed by atoms with van der Waals surface area (Å²) in [6.45, 7) is 1.11. The quantitative estimate of drug-likeness (QED) is 0.484. The van der Waals surface area contributed by atoms with E-state index in [1.807, 2.05) is 11.0 Å². The van der Waals surface area contributed by atoms with Gasteiger partial charge in [-0.05, 0) is 37.0 Å². The lowest BCUT2D eigenvalue weighted by Crippen LogP contribution is -2.42. The van der Waals surface area contributed by atoms with Gasteiger partial charge < -0.3 is 4.74 Å². The Labute approximate surface area is 197 Å². The van der Waals surface area contributed by atoms with E-state index < -0.39 is 12.0 Å². The molecule has 0 bridgehead atoms. The zero-order valence-corrected chi connectivity index (χ0v) is 19.4. The summed E-state index contributed by atoms with van der Waals surface area (Å²) in [5.74, 6) is -0.660. The average molecular weight is 481 g/mol. The number of thiol groups is 1. The Balaban J connectivity index is 0.00000289. The van der Waals surface area contributed by atoms with E-state index in [4.69, 9.17) is 12.6 Å². The van der Waals surface area contributed by atoms with Crippen LogP contribution in [-0.2, 0) is 20.9 Å². The number of Topliss-reactive ketones (excluding diaryl/α,β-unsaturated/α-hetero) is 1. The predicted octanol–water partition coefficient (Wildman–Crippen LogP) is 3.12. The monoisotopic (exact) mass is 480 g/mol. The first-order valence-corrected chi connectivity index (χ1v) is 10.9. The maximum Gasteiger partial charge on any atom is 0.327 e. The fourth-order valence-electron chi connectivity index (χ4n) is 3.92. The first-order chi connectivity index (χ1) is 15.0. The van der Waals surface area contributed by atoms with Crippen molar-refractivity contribution in [3.05, 3.63) is 53.1 Å². The van der Waals surface area contributed by atoms with E-state index in [-0.39, 0.29) is 41.7 Å². The number of benzene rings is 1. The van der Waals surface area contributed by atoms with E-state index >= 15 is 0 Å². The van der Waals surface area contributed by atoms with Gasteiger partial charge in [-0.2, -0.15) is 12.6 Å². The molecule has 1 aromatic heterocycles. The SMILES string of the molecule is COC(=O)Cn1cc(C=C2CN(C(C(=O)C3CC3)c3ccccc3F)CCC2S)nn1.Cl. The second-order valence-corrected chi connectivity index (χ2v) is 8.64. The Hall–Kier alpha value is -2.23. The number of nitrogens with zero attached hydrogens (tertiary/aromatic N) is 4. The Morgan fingerprint density at radius 1 is 1.31 bits per heavy atom. The van der Waals surface area contributed by atoms with Crippen molar-refractivity contribution in [3.8, 4) is 0 Å². The van der Waals surface area contributed by atoms with Crippen LogP contribution in [0.15, 0.2) is 36.0 Å². The summed E-state index contributed by atoms with van der Waals surface area (Å²) in [7, 11) is 1.32. The number of ketones is 1. The molecule has 0 amide bonds. The number of rotatable bonds is 7. The van der Waals surface area contributed by atoms with Gasteiger partial charge in [-0.3, -0.25) is 14.5 Å². The number of hydrogen-bond acceptors (Lipinski definition) is 7. The van der Waals surface area contributed by atoms with Gasteiger partial charge in [0, 0.05) is 29.8 Å². The van der Waals surface area contributed by atoms with E-state index in [1.54, 1.807) is 24.4 Å². The van der Waals surface area contributed by atoms with Crippen molar-refractivity contribution in [1.29, 1.82) is 0 Å². The van der Waals surface area contributed by atoms with Crippen molar-refractivity contribution in [3.63, 3.8) is 0 Å². The second kappa shape index (κ2) is 10.6.